The number of fused-ring (bicyclic) bond motifs is 3. The summed E-state index contributed by atoms with van der Waals surface area (Å²) in [6.45, 7) is 3.35. The number of aliphatic hydroxyl groups excluding tert-OH is 1. The van der Waals surface area contributed by atoms with Gasteiger partial charge in [-0.05, 0) is 23.6 Å². The number of aromatic nitrogens is 1. The van der Waals surface area contributed by atoms with Gasteiger partial charge in [-0.3, -0.25) is 0 Å². The van der Waals surface area contributed by atoms with E-state index in [4.69, 9.17) is 0 Å². The molecule has 0 aromatic carbocycles. The van der Waals surface area contributed by atoms with E-state index in [0.29, 0.717) is 11.8 Å². The molecule has 0 spiro atoms. The summed E-state index contributed by atoms with van der Waals surface area (Å²) >= 11 is 0. The Kier molecular flexibility index (Phi) is 1.74. The van der Waals surface area contributed by atoms with Crippen LogP contribution in [0, 0.1) is 5.92 Å². The van der Waals surface area contributed by atoms with Gasteiger partial charge in [0.15, 0.2) is 0 Å². The van der Waals surface area contributed by atoms with Crippen LogP contribution >= 0.6 is 0 Å². The molecule has 15 heavy (non-hydrogen) atoms. The highest BCUT2D eigenvalue weighted by atomic mass is 16.3. The van der Waals surface area contributed by atoms with Gasteiger partial charge >= 0.3 is 0 Å². The minimum absolute atomic E-state index is 0.464. The van der Waals surface area contributed by atoms with Gasteiger partial charge in [0, 0.05) is 31.4 Å². The van der Waals surface area contributed by atoms with E-state index < -0.39 is 6.10 Å². The maximum atomic E-state index is 9.97. The first kappa shape index (κ1) is 9.04. The molecule has 1 fully saturated rings. The highest BCUT2D eigenvalue weighted by Crippen LogP contribution is 2.46. The lowest BCUT2D eigenvalue weighted by atomic mass is 9.83. The van der Waals surface area contributed by atoms with Gasteiger partial charge in [-0.15, -0.1) is 0 Å². The summed E-state index contributed by atoms with van der Waals surface area (Å²) in [7, 11) is 2.10. The fraction of sp³-hybridized carbons (Fsp3) is 0.500. The Morgan fingerprint density at radius 2 is 2.33 bits per heavy atom. The van der Waals surface area contributed by atoms with Crippen molar-refractivity contribution >= 4 is 0 Å². The molecule has 1 aromatic heterocycles. The summed E-state index contributed by atoms with van der Waals surface area (Å²) in [4.78, 5) is 5.40. The molecule has 2 unspecified atom stereocenters. The molecule has 3 nitrogen and oxygen atoms in total. The first-order valence-electron chi connectivity index (χ1n) is 5.46. The normalized spacial score (nSPS) is 33.7. The summed E-state index contributed by atoms with van der Waals surface area (Å²) < 4.78 is 0. The number of nitrogens with one attached hydrogen (secondary N) is 1. The summed E-state index contributed by atoms with van der Waals surface area (Å²) in [5.74, 6) is 1.10. The van der Waals surface area contributed by atoms with Gasteiger partial charge in [-0.25, -0.2) is 0 Å². The fourth-order valence-electron chi connectivity index (χ4n) is 3.04. The van der Waals surface area contributed by atoms with E-state index >= 15 is 0 Å². The van der Waals surface area contributed by atoms with Crippen LogP contribution in [0.1, 0.15) is 30.2 Å². The fourth-order valence-corrected chi connectivity index (χ4v) is 3.04. The molecular formula is C12H16N2O. The van der Waals surface area contributed by atoms with Gasteiger partial charge in [0.1, 0.15) is 6.10 Å². The van der Waals surface area contributed by atoms with Gasteiger partial charge in [-0.2, -0.15) is 0 Å². The third kappa shape index (κ3) is 1.10. The molecule has 3 atom stereocenters. The van der Waals surface area contributed by atoms with Crippen LogP contribution in [0.15, 0.2) is 24.0 Å². The van der Waals surface area contributed by atoms with Crippen LogP contribution in [0.4, 0.5) is 0 Å². The molecule has 1 aromatic rings. The van der Waals surface area contributed by atoms with E-state index in [1.807, 2.05) is 12.3 Å². The molecular weight excluding hydrogens is 188 g/mol. The van der Waals surface area contributed by atoms with E-state index in [2.05, 4.69) is 29.9 Å². The second-order valence-corrected chi connectivity index (χ2v) is 4.72. The molecule has 0 amide bonds. The van der Waals surface area contributed by atoms with E-state index in [0.717, 1.165) is 12.2 Å². The van der Waals surface area contributed by atoms with Gasteiger partial charge < -0.3 is 15.0 Å². The summed E-state index contributed by atoms with van der Waals surface area (Å²) in [5, 5.41) is 9.97. The number of H-pyrrole nitrogens is 1. The second-order valence-electron chi connectivity index (χ2n) is 4.72. The first-order valence-corrected chi connectivity index (χ1v) is 5.46. The van der Waals surface area contributed by atoms with Crippen molar-refractivity contribution in [2.24, 2.45) is 5.92 Å². The predicted octanol–water partition coefficient (Wildman–Crippen LogP) is 1.61. The summed E-state index contributed by atoms with van der Waals surface area (Å²) in [5.41, 5.74) is 3.53. The van der Waals surface area contributed by atoms with E-state index in [9.17, 15) is 5.11 Å². The van der Waals surface area contributed by atoms with Crippen LogP contribution in [0.25, 0.3) is 0 Å². The largest absolute Gasteiger partial charge is 0.383 e. The smallest absolute Gasteiger partial charge is 0.114 e. The Balaban J connectivity index is 2.14. The molecule has 3 rings (SSSR count). The SMILES string of the molecule is C[C@@H]1CN(C)C2=CC(O)c3[nH]ccc3C21. The standard InChI is InChI=1S/C12H16N2O/c1-7-6-14(2)9-5-10(15)12-8(11(7)9)3-4-13-12/h3-5,7,10-11,13,15H,6H2,1-2H3/t7-,10?,11?/m1/s1. The molecule has 1 aliphatic heterocycles. The molecule has 3 heteroatoms. The monoisotopic (exact) mass is 204 g/mol. The Morgan fingerprint density at radius 1 is 1.53 bits per heavy atom. The van der Waals surface area contributed by atoms with E-state index in [1.165, 1.54) is 11.3 Å². The molecule has 80 valence electrons. The number of allylic oxidation sites excluding steroid dienone is 1. The van der Waals surface area contributed by atoms with Crippen LogP contribution in [0.3, 0.4) is 0 Å². The Morgan fingerprint density at radius 3 is 3.13 bits per heavy atom. The number of hydrogen-bond acceptors (Lipinski definition) is 2. The van der Waals surface area contributed by atoms with Crippen molar-refractivity contribution in [2.45, 2.75) is 18.9 Å². The van der Waals surface area contributed by atoms with E-state index in [-0.39, 0.29) is 0 Å². The maximum absolute atomic E-state index is 9.97. The molecule has 1 aliphatic carbocycles. The molecule has 2 aliphatic rings. The predicted molar refractivity (Wildman–Crippen MR) is 58.4 cm³/mol. The van der Waals surface area contributed by atoms with Gasteiger partial charge in [-0.1, -0.05) is 6.92 Å². The van der Waals surface area contributed by atoms with Gasteiger partial charge in [0.2, 0.25) is 0 Å². The number of aliphatic hydroxyl groups is 1. The molecule has 2 heterocycles. The van der Waals surface area contributed by atoms with Crippen LogP contribution < -0.4 is 0 Å². The Labute approximate surface area is 89.4 Å². The molecule has 0 bridgehead atoms. The van der Waals surface area contributed by atoms with Crippen molar-refractivity contribution in [3.8, 4) is 0 Å². The number of likely N-dealkylation sites (tertiary alicyclic amines) is 1. The zero-order valence-corrected chi connectivity index (χ0v) is 9.07. The number of aromatic amines is 1. The zero-order chi connectivity index (χ0) is 10.6. The Hall–Kier alpha value is -1.22. The quantitative estimate of drug-likeness (QED) is 0.674. The average Bonchev–Trinajstić information content (AvgIpc) is 2.73. The van der Waals surface area contributed by atoms with Crippen molar-refractivity contribution in [2.75, 3.05) is 13.6 Å². The summed E-state index contributed by atoms with van der Waals surface area (Å²) in [6.07, 6.45) is 3.44. The number of rotatable bonds is 0. The van der Waals surface area contributed by atoms with Crippen molar-refractivity contribution in [1.82, 2.24) is 9.88 Å². The topological polar surface area (TPSA) is 39.3 Å². The summed E-state index contributed by atoms with van der Waals surface area (Å²) in [6, 6.07) is 2.10. The van der Waals surface area contributed by atoms with Crippen molar-refractivity contribution in [1.29, 1.82) is 0 Å². The average molecular weight is 204 g/mol. The minimum atomic E-state index is -0.464. The minimum Gasteiger partial charge on any atom is -0.383 e. The number of nitrogens with zero attached hydrogens (tertiary/aromatic N) is 1. The molecule has 0 saturated carbocycles. The van der Waals surface area contributed by atoms with Crippen LogP contribution in [0.2, 0.25) is 0 Å². The van der Waals surface area contributed by atoms with Crippen LogP contribution in [-0.4, -0.2) is 28.6 Å². The van der Waals surface area contributed by atoms with Crippen molar-refractivity contribution in [3.05, 3.63) is 35.3 Å². The third-order valence-corrected chi connectivity index (χ3v) is 3.66. The number of likely N-dealkylation sites (N-methyl/N-ethyl adjacent to an activating group) is 1. The van der Waals surface area contributed by atoms with Crippen LogP contribution in [0.5, 0.6) is 0 Å². The molecule has 0 radical (unpaired) electrons. The Bertz CT molecular complexity index is 421. The van der Waals surface area contributed by atoms with Gasteiger partial charge in [0.05, 0.1) is 5.69 Å². The molecule has 2 N–H and O–H groups in total. The lowest BCUT2D eigenvalue weighted by molar-refractivity contribution is 0.215. The lowest BCUT2D eigenvalue weighted by Gasteiger charge is -2.25. The van der Waals surface area contributed by atoms with Crippen LogP contribution in [-0.2, 0) is 0 Å². The van der Waals surface area contributed by atoms with E-state index in [1.54, 1.807) is 0 Å². The highest BCUT2D eigenvalue weighted by Gasteiger charge is 2.39. The number of hydrogen-bond donors (Lipinski definition) is 2. The highest BCUT2D eigenvalue weighted by molar-refractivity contribution is 5.42. The third-order valence-electron chi connectivity index (χ3n) is 3.66. The van der Waals surface area contributed by atoms with Gasteiger partial charge in [0.25, 0.3) is 0 Å². The molecule has 1 saturated heterocycles. The lowest BCUT2D eigenvalue weighted by Crippen LogP contribution is -2.17. The second kappa shape index (κ2) is 2.89. The zero-order valence-electron chi connectivity index (χ0n) is 9.07. The van der Waals surface area contributed by atoms with Crippen molar-refractivity contribution < 1.29 is 5.11 Å². The first-order chi connectivity index (χ1) is 7.18. The maximum Gasteiger partial charge on any atom is 0.114 e. The van der Waals surface area contributed by atoms with Crippen molar-refractivity contribution in [3.63, 3.8) is 0 Å².